The second-order valence-corrected chi connectivity index (χ2v) is 8.24. The largest absolute Gasteiger partial charge is 0.497 e. The predicted molar refractivity (Wildman–Crippen MR) is 127 cm³/mol. The van der Waals surface area contributed by atoms with Gasteiger partial charge in [-0.25, -0.2) is 4.98 Å². The van der Waals surface area contributed by atoms with E-state index in [0.717, 1.165) is 45.6 Å². The van der Waals surface area contributed by atoms with Gasteiger partial charge in [0.1, 0.15) is 11.4 Å². The van der Waals surface area contributed by atoms with Crippen LogP contribution in [0.25, 0.3) is 10.9 Å². The Morgan fingerprint density at radius 3 is 2.67 bits per heavy atom. The maximum Gasteiger partial charge on any atom is 0.237 e. The van der Waals surface area contributed by atoms with Crippen molar-refractivity contribution in [2.45, 2.75) is 19.3 Å². The lowest BCUT2D eigenvalue weighted by atomic mass is 10.1. The van der Waals surface area contributed by atoms with Gasteiger partial charge in [0, 0.05) is 23.2 Å². The molecule has 2 aromatic carbocycles. The SMILES string of the molecule is COc1ccc(NC(=O)C2C[C@H]2c2ccc3c(Nc4cc(C)cnc4OC)n[nH]c3c2)cc1. The number of pyridine rings is 1. The van der Waals surface area contributed by atoms with Crippen molar-refractivity contribution in [3.63, 3.8) is 0 Å². The highest BCUT2D eigenvalue weighted by atomic mass is 16.5. The zero-order valence-corrected chi connectivity index (χ0v) is 18.7. The van der Waals surface area contributed by atoms with Gasteiger partial charge in [0.05, 0.1) is 19.7 Å². The minimum Gasteiger partial charge on any atom is -0.497 e. The summed E-state index contributed by atoms with van der Waals surface area (Å²) in [7, 11) is 3.21. The van der Waals surface area contributed by atoms with E-state index in [-0.39, 0.29) is 17.7 Å². The Hall–Kier alpha value is -4.07. The quantitative estimate of drug-likeness (QED) is 0.380. The molecule has 1 saturated carbocycles. The minimum atomic E-state index is -0.0345. The number of aromatic amines is 1. The molecule has 2 aromatic heterocycles. The average Bonchev–Trinajstić information content (AvgIpc) is 3.55. The number of rotatable bonds is 7. The zero-order chi connectivity index (χ0) is 22.9. The first-order chi connectivity index (χ1) is 16.1. The normalized spacial score (nSPS) is 16.9. The molecule has 3 N–H and O–H groups in total. The van der Waals surface area contributed by atoms with E-state index in [2.05, 4.69) is 37.9 Å². The Kier molecular flexibility index (Phi) is 5.34. The van der Waals surface area contributed by atoms with Crippen molar-refractivity contribution in [2.75, 3.05) is 24.9 Å². The van der Waals surface area contributed by atoms with E-state index in [1.54, 1.807) is 20.4 Å². The molecule has 5 rings (SSSR count). The molecule has 0 spiro atoms. The van der Waals surface area contributed by atoms with Gasteiger partial charge in [-0.05, 0) is 72.9 Å². The summed E-state index contributed by atoms with van der Waals surface area (Å²) in [6.07, 6.45) is 2.59. The van der Waals surface area contributed by atoms with E-state index in [9.17, 15) is 4.79 Å². The van der Waals surface area contributed by atoms with Crippen molar-refractivity contribution in [1.82, 2.24) is 15.2 Å². The van der Waals surface area contributed by atoms with Gasteiger partial charge in [0.15, 0.2) is 5.82 Å². The first-order valence-corrected chi connectivity index (χ1v) is 10.8. The molecule has 1 aliphatic carbocycles. The number of H-pyrrole nitrogens is 1. The first-order valence-electron chi connectivity index (χ1n) is 10.8. The highest BCUT2D eigenvalue weighted by molar-refractivity contribution is 5.96. The summed E-state index contributed by atoms with van der Waals surface area (Å²) in [6.45, 7) is 1.98. The highest BCUT2D eigenvalue weighted by Crippen LogP contribution is 2.48. The van der Waals surface area contributed by atoms with E-state index in [0.29, 0.717) is 11.7 Å². The minimum absolute atomic E-state index is 0.0345. The lowest BCUT2D eigenvalue weighted by Crippen LogP contribution is -2.14. The van der Waals surface area contributed by atoms with Crippen LogP contribution in [-0.2, 0) is 4.79 Å². The van der Waals surface area contributed by atoms with Gasteiger partial charge in [-0.3, -0.25) is 9.89 Å². The Balaban J connectivity index is 1.29. The van der Waals surface area contributed by atoms with E-state index < -0.39 is 0 Å². The van der Waals surface area contributed by atoms with Crippen LogP contribution in [0, 0.1) is 12.8 Å². The summed E-state index contributed by atoms with van der Waals surface area (Å²) in [5, 5.41) is 14.8. The fourth-order valence-electron chi connectivity index (χ4n) is 4.06. The number of aryl methyl sites for hydroxylation is 1. The molecule has 2 heterocycles. The summed E-state index contributed by atoms with van der Waals surface area (Å²) >= 11 is 0. The van der Waals surface area contributed by atoms with E-state index >= 15 is 0 Å². The Morgan fingerprint density at radius 1 is 1.09 bits per heavy atom. The number of fused-ring (bicyclic) bond motifs is 1. The summed E-state index contributed by atoms with van der Waals surface area (Å²) < 4.78 is 10.5. The summed E-state index contributed by atoms with van der Waals surface area (Å²) in [6, 6.07) is 15.5. The number of nitrogens with zero attached hydrogens (tertiary/aromatic N) is 2. The third-order valence-corrected chi connectivity index (χ3v) is 5.93. The number of amides is 1. The predicted octanol–water partition coefficient (Wildman–Crippen LogP) is 4.77. The molecule has 2 atom stereocenters. The summed E-state index contributed by atoms with van der Waals surface area (Å²) in [4.78, 5) is 17.0. The molecule has 1 amide bonds. The number of anilines is 3. The molecule has 0 saturated heterocycles. The second kappa shape index (κ2) is 8.46. The number of hydrogen-bond donors (Lipinski definition) is 3. The van der Waals surface area contributed by atoms with Crippen molar-refractivity contribution in [3.8, 4) is 11.6 Å². The van der Waals surface area contributed by atoms with Crippen molar-refractivity contribution >= 4 is 34.0 Å². The van der Waals surface area contributed by atoms with Gasteiger partial charge in [0.2, 0.25) is 11.8 Å². The third-order valence-electron chi connectivity index (χ3n) is 5.93. The monoisotopic (exact) mass is 443 g/mol. The Bertz CT molecular complexity index is 1320. The van der Waals surface area contributed by atoms with E-state index in [4.69, 9.17) is 9.47 Å². The van der Waals surface area contributed by atoms with Crippen LogP contribution in [0.15, 0.2) is 54.7 Å². The van der Waals surface area contributed by atoms with Gasteiger partial charge in [-0.1, -0.05) is 6.07 Å². The van der Waals surface area contributed by atoms with Crippen LogP contribution in [0.2, 0.25) is 0 Å². The molecule has 168 valence electrons. The van der Waals surface area contributed by atoms with Crippen LogP contribution in [0.1, 0.15) is 23.5 Å². The third kappa shape index (κ3) is 4.19. The van der Waals surface area contributed by atoms with Gasteiger partial charge >= 0.3 is 0 Å². The average molecular weight is 444 g/mol. The first kappa shape index (κ1) is 20.8. The van der Waals surface area contributed by atoms with E-state index in [1.807, 2.05) is 43.3 Å². The van der Waals surface area contributed by atoms with Crippen LogP contribution in [0.4, 0.5) is 17.2 Å². The van der Waals surface area contributed by atoms with Gasteiger partial charge in [0.25, 0.3) is 0 Å². The van der Waals surface area contributed by atoms with Crippen molar-refractivity contribution < 1.29 is 14.3 Å². The number of hydrogen-bond acceptors (Lipinski definition) is 6. The standard InChI is InChI=1S/C25H25N5O3/c1-14-10-22(25(33-3)26-13-14)28-23-18-9-4-15(11-21(18)29-30-23)19-12-20(19)24(31)27-16-5-7-17(32-2)8-6-16/h4-11,13,19-20H,12H2,1-3H3,(H,27,31)(H2,28,29,30)/t19-,20?/m0/s1. The molecular weight excluding hydrogens is 418 g/mol. The maximum absolute atomic E-state index is 12.7. The van der Waals surface area contributed by atoms with Crippen molar-refractivity contribution in [3.05, 3.63) is 65.9 Å². The second-order valence-electron chi connectivity index (χ2n) is 8.24. The number of benzene rings is 2. The fourth-order valence-corrected chi connectivity index (χ4v) is 4.06. The number of carbonyl (C=O) groups excluding carboxylic acids is 1. The number of aromatic nitrogens is 3. The molecule has 0 radical (unpaired) electrons. The molecule has 1 aliphatic rings. The highest BCUT2D eigenvalue weighted by Gasteiger charge is 2.44. The van der Waals surface area contributed by atoms with Crippen molar-refractivity contribution in [1.29, 1.82) is 0 Å². The Morgan fingerprint density at radius 2 is 1.91 bits per heavy atom. The number of nitrogens with one attached hydrogen (secondary N) is 3. The van der Waals surface area contributed by atoms with Crippen molar-refractivity contribution in [2.24, 2.45) is 5.92 Å². The number of carbonyl (C=O) groups is 1. The molecule has 0 bridgehead atoms. The summed E-state index contributed by atoms with van der Waals surface area (Å²) in [5.41, 5.74) is 4.59. The van der Waals surface area contributed by atoms with Crippen LogP contribution in [0.5, 0.6) is 11.6 Å². The van der Waals surface area contributed by atoms with Gasteiger partial charge < -0.3 is 20.1 Å². The molecule has 1 unspecified atom stereocenters. The van der Waals surface area contributed by atoms with Gasteiger partial charge in [-0.15, -0.1) is 0 Å². The molecule has 8 heteroatoms. The number of methoxy groups -OCH3 is 2. The molecule has 0 aliphatic heterocycles. The zero-order valence-electron chi connectivity index (χ0n) is 18.7. The fraction of sp³-hybridized carbons (Fsp3) is 0.240. The van der Waals surface area contributed by atoms with Crippen LogP contribution >= 0.6 is 0 Å². The molecular formula is C25H25N5O3. The lowest BCUT2D eigenvalue weighted by Gasteiger charge is -2.09. The lowest BCUT2D eigenvalue weighted by molar-refractivity contribution is -0.117. The Labute approximate surface area is 191 Å². The molecule has 1 fully saturated rings. The van der Waals surface area contributed by atoms with Crippen LogP contribution < -0.4 is 20.1 Å². The number of ether oxygens (including phenoxy) is 2. The van der Waals surface area contributed by atoms with E-state index in [1.165, 1.54) is 0 Å². The van der Waals surface area contributed by atoms with Gasteiger partial charge in [-0.2, -0.15) is 5.10 Å². The van der Waals surface area contributed by atoms with Crippen LogP contribution in [0.3, 0.4) is 0 Å². The molecule has 8 nitrogen and oxygen atoms in total. The van der Waals surface area contributed by atoms with Crippen LogP contribution in [-0.4, -0.2) is 35.3 Å². The molecule has 33 heavy (non-hydrogen) atoms. The summed E-state index contributed by atoms with van der Waals surface area (Å²) in [5.74, 6) is 2.18. The molecule has 4 aromatic rings. The smallest absolute Gasteiger partial charge is 0.237 e. The topological polar surface area (TPSA) is 101 Å². The maximum atomic E-state index is 12.7.